The van der Waals surface area contributed by atoms with Crippen LogP contribution in [-0.2, 0) is 23.8 Å². The Morgan fingerprint density at radius 3 is 1.48 bits per heavy atom. The zero-order valence-corrected chi connectivity index (χ0v) is 40.4. The van der Waals surface area contributed by atoms with E-state index >= 15 is 0 Å². The van der Waals surface area contributed by atoms with Crippen molar-refractivity contribution in [3.05, 3.63) is 169 Å². The molecule has 0 aromatic heterocycles. The summed E-state index contributed by atoms with van der Waals surface area (Å²) in [5.74, 6) is -0.150. The van der Waals surface area contributed by atoms with E-state index in [1.165, 1.54) is 15.9 Å². The van der Waals surface area contributed by atoms with Gasteiger partial charge >= 0.3 is 5.97 Å². The second-order valence-electron chi connectivity index (χ2n) is 19.8. The molecule has 1 N–H and O–H groups in total. The molecule has 328 valence electrons. The molecular weight excluding hydrogens is 797 g/mol. The second kappa shape index (κ2) is 20.4. The third-order valence-corrected chi connectivity index (χ3v) is 23.4. The lowest BCUT2D eigenvalue weighted by Gasteiger charge is -2.45. The lowest BCUT2D eigenvalue weighted by molar-refractivity contribution is -0.149. The van der Waals surface area contributed by atoms with Crippen LogP contribution in [0.5, 0.6) is 0 Å². The Balaban J connectivity index is 1.30. The summed E-state index contributed by atoms with van der Waals surface area (Å²) in [7, 11) is -5.92. The first-order valence-corrected chi connectivity index (χ1v) is 26.6. The highest BCUT2D eigenvalue weighted by molar-refractivity contribution is 7.00. The Kier molecular flexibility index (Phi) is 15.5. The maximum Gasteiger partial charge on any atom is 0.330 e. The number of rotatable bonds is 17. The maximum absolute atomic E-state index is 14.0. The number of aliphatic hydroxyl groups excluding tert-OH is 1. The summed E-state index contributed by atoms with van der Waals surface area (Å²) in [5.41, 5.74) is 1.11. The van der Waals surface area contributed by atoms with Crippen LogP contribution in [0.2, 0.25) is 10.1 Å². The molecule has 5 aromatic carbocycles. The van der Waals surface area contributed by atoms with E-state index in [1.54, 1.807) is 6.08 Å². The predicted octanol–water partition coefficient (Wildman–Crippen LogP) is 10.3. The first-order chi connectivity index (χ1) is 29.6. The summed E-state index contributed by atoms with van der Waals surface area (Å²) in [4.78, 5) is 14.0. The van der Waals surface area contributed by atoms with Gasteiger partial charge in [0.2, 0.25) is 0 Å². The van der Waals surface area contributed by atoms with Crippen molar-refractivity contribution in [2.45, 2.75) is 128 Å². The molecule has 4 atom stereocenters. The number of carbonyl (C=O) groups is 1. The minimum Gasteiger partial charge on any atom is -0.459 e. The van der Waals surface area contributed by atoms with Gasteiger partial charge in [-0.15, -0.1) is 0 Å². The van der Waals surface area contributed by atoms with Gasteiger partial charge in [0.15, 0.2) is 0 Å². The van der Waals surface area contributed by atoms with Gasteiger partial charge in [0, 0.05) is 12.0 Å². The molecule has 0 spiro atoms. The molecule has 5 aromatic rings. The highest BCUT2D eigenvalue weighted by Gasteiger charge is 2.52. The smallest absolute Gasteiger partial charge is 0.330 e. The van der Waals surface area contributed by atoms with Crippen molar-refractivity contribution < 1.29 is 23.5 Å². The predicted molar refractivity (Wildman–Crippen MR) is 262 cm³/mol. The molecule has 0 heterocycles. The molecule has 0 amide bonds. The zero-order valence-electron chi connectivity index (χ0n) is 38.4. The molecule has 62 heavy (non-hydrogen) atoms. The molecule has 1 aliphatic carbocycles. The van der Waals surface area contributed by atoms with E-state index in [0.29, 0.717) is 12.8 Å². The zero-order chi connectivity index (χ0) is 44.4. The SMILES string of the molecule is CC(C)(c1ccccc1)[C@H]1CCCC[C@@H]1OC(=O)/C=C/[C@@H](CC[C@@H](O)CO[Si](c1ccccc1)(c1ccccc1)C(C)(C)C)O[Si](c1ccccc1)(c1ccccc1)C(C)(C)C. The molecular formula is C55H70O5Si2. The Labute approximate surface area is 374 Å². The minimum absolute atomic E-state index is 0.155. The Morgan fingerprint density at radius 2 is 1.03 bits per heavy atom. The summed E-state index contributed by atoms with van der Waals surface area (Å²) >= 11 is 0. The van der Waals surface area contributed by atoms with Crippen LogP contribution in [0.1, 0.15) is 99.5 Å². The number of esters is 1. The molecule has 1 fully saturated rings. The lowest BCUT2D eigenvalue weighted by atomic mass is 9.66. The lowest BCUT2D eigenvalue weighted by Crippen LogP contribution is -2.67. The molecule has 0 unspecified atom stereocenters. The van der Waals surface area contributed by atoms with Crippen LogP contribution in [-0.4, -0.2) is 52.6 Å². The summed E-state index contributed by atoms with van der Waals surface area (Å²) < 4.78 is 21.2. The van der Waals surface area contributed by atoms with Crippen LogP contribution < -0.4 is 20.7 Å². The topological polar surface area (TPSA) is 65.0 Å². The summed E-state index contributed by atoms with van der Waals surface area (Å²) in [6, 6.07) is 52.9. The van der Waals surface area contributed by atoms with E-state index in [-0.39, 0.29) is 40.1 Å². The standard InChI is InChI=1S/C55H70O5Si2/c1-53(2,3)61(46-28-16-10-17-29-46,47-30-18-11-19-31-47)58-42-44(56)38-39-45(60-62(54(4,5)6,48-32-20-12-21-33-48)49-34-22-13-23-35-49)40-41-52(57)59-51-37-25-24-36-50(51)55(7,8)43-26-14-9-15-27-43/h9-23,26-35,40-41,44-45,50-51,56H,24-25,36-39,42H2,1-8H3/b41-40+/t44-,45-,50+,51+/m1/s1. The average molecular weight is 867 g/mol. The second-order valence-corrected chi connectivity index (χ2v) is 28.4. The van der Waals surface area contributed by atoms with Gasteiger partial charge in [0.05, 0.1) is 18.8 Å². The number of hydrogen-bond donors (Lipinski definition) is 1. The molecule has 1 saturated carbocycles. The molecule has 7 heteroatoms. The number of aliphatic hydroxyl groups is 1. The first kappa shape index (κ1) is 47.1. The van der Waals surface area contributed by atoms with E-state index in [4.69, 9.17) is 13.6 Å². The Hall–Kier alpha value is -4.38. The van der Waals surface area contributed by atoms with Gasteiger partial charge in [-0.25, -0.2) is 4.79 Å². The fourth-order valence-corrected chi connectivity index (χ4v) is 19.3. The number of carbonyl (C=O) groups excluding carboxylic acids is 1. The third kappa shape index (κ3) is 10.5. The van der Waals surface area contributed by atoms with Crippen molar-refractivity contribution in [2.24, 2.45) is 5.92 Å². The van der Waals surface area contributed by atoms with Crippen LogP contribution in [0.3, 0.4) is 0 Å². The van der Waals surface area contributed by atoms with Crippen LogP contribution in [0.4, 0.5) is 0 Å². The van der Waals surface area contributed by atoms with Gasteiger partial charge in [0.25, 0.3) is 16.6 Å². The van der Waals surface area contributed by atoms with E-state index in [0.717, 1.165) is 36.1 Å². The number of benzene rings is 5. The summed E-state index contributed by atoms with van der Waals surface area (Å²) in [6.45, 7) is 18.3. The molecule has 5 nitrogen and oxygen atoms in total. The van der Waals surface area contributed by atoms with Crippen molar-refractivity contribution >= 4 is 43.4 Å². The fourth-order valence-electron chi connectivity index (χ4n) is 10.1. The highest BCUT2D eigenvalue weighted by Crippen LogP contribution is 2.43. The fraction of sp³-hybridized carbons (Fsp3) is 0.400. The van der Waals surface area contributed by atoms with Crippen molar-refractivity contribution in [2.75, 3.05) is 6.61 Å². The maximum atomic E-state index is 14.0. The Bertz CT molecular complexity index is 2070. The largest absolute Gasteiger partial charge is 0.459 e. The van der Waals surface area contributed by atoms with Crippen LogP contribution >= 0.6 is 0 Å². The normalized spacial score (nSPS) is 17.7. The molecule has 0 aliphatic heterocycles. The van der Waals surface area contributed by atoms with E-state index in [9.17, 15) is 9.90 Å². The first-order valence-electron chi connectivity index (χ1n) is 22.8. The molecule has 1 aliphatic rings. The van der Waals surface area contributed by atoms with Crippen molar-refractivity contribution in [1.29, 1.82) is 0 Å². The molecule has 0 radical (unpaired) electrons. The summed E-state index contributed by atoms with van der Waals surface area (Å²) in [5, 5.41) is 16.1. The van der Waals surface area contributed by atoms with E-state index in [1.807, 2.05) is 30.3 Å². The number of hydrogen-bond acceptors (Lipinski definition) is 5. The molecule has 0 bridgehead atoms. The minimum atomic E-state index is -3.04. The molecule has 0 saturated heterocycles. The van der Waals surface area contributed by atoms with Gasteiger partial charge < -0.3 is 18.7 Å². The van der Waals surface area contributed by atoms with Gasteiger partial charge in [-0.1, -0.05) is 213 Å². The van der Waals surface area contributed by atoms with Gasteiger partial charge in [-0.05, 0) is 80.0 Å². The van der Waals surface area contributed by atoms with E-state index in [2.05, 4.69) is 183 Å². The summed E-state index contributed by atoms with van der Waals surface area (Å²) in [6.07, 6.45) is 6.95. The van der Waals surface area contributed by atoms with Gasteiger partial charge in [0.1, 0.15) is 6.10 Å². The Morgan fingerprint density at radius 1 is 0.613 bits per heavy atom. The number of ether oxygens (including phenoxy) is 1. The average Bonchev–Trinajstić information content (AvgIpc) is 3.27. The van der Waals surface area contributed by atoms with Crippen LogP contribution in [0, 0.1) is 5.92 Å². The van der Waals surface area contributed by atoms with Crippen LogP contribution in [0.15, 0.2) is 164 Å². The van der Waals surface area contributed by atoms with Crippen molar-refractivity contribution in [3.8, 4) is 0 Å². The highest BCUT2D eigenvalue weighted by atomic mass is 28.4. The van der Waals surface area contributed by atoms with Crippen LogP contribution in [0.25, 0.3) is 0 Å². The van der Waals surface area contributed by atoms with Crippen molar-refractivity contribution in [1.82, 2.24) is 0 Å². The molecule has 6 rings (SSSR count). The van der Waals surface area contributed by atoms with Gasteiger partial charge in [-0.3, -0.25) is 0 Å². The quantitative estimate of drug-likeness (QED) is 0.0573. The monoisotopic (exact) mass is 866 g/mol. The van der Waals surface area contributed by atoms with Gasteiger partial charge in [-0.2, -0.15) is 0 Å². The third-order valence-electron chi connectivity index (χ3n) is 13.3. The van der Waals surface area contributed by atoms with Crippen molar-refractivity contribution in [3.63, 3.8) is 0 Å². The van der Waals surface area contributed by atoms with E-state index < -0.39 is 28.8 Å².